The Kier molecular flexibility index (Phi) is 3.71. The Morgan fingerprint density at radius 3 is 2.95 bits per heavy atom. The minimum Gasteiger partial charge on any atom is -0.396 e. The molecule has 2 rings (SSSR count). The van der Waals surface area contributed by atoms with Gasteiger partial charge in [0.15, 0.2) is 0 Å². The van der Waals surface area contributed by atoms with Crippen LogP contribution < -0.4 is 11.0 Å². The van der Waals surface area contributed by atoms with Crippen molar-refractivity contribution >= 4 is 16.9 Å². The molecule has 2 aromatic rings. The second-order valence-corrected chi connectivity index (χ2v) is 4.72. The number of rotatable bonds is 4. The molecular formula is C13H17N3O3. The highest BCUT2D eigenvalue weighted by atomic mass is 16.3. The van der Waals surface area contributed by atoms with E-state index in [4.69, 9.17) is 5.11 Å². The van der Waals surface area contributed by atoms with Gasteiger partial charge in [-0.05, 0) is 24.1 Å². The van der Waals surface area contributed by atoms with Crippen LogP contribution in [0.2, 0.25) is 0 Å². The first kappa shape index (κ1) is 13.4. The normalized spacial score (nSPS) is 12.6. The molecule has 1 unspecified atom stereocenters. The highest BCUT2D eigenvalue weighted by Gasteiger charge is 2.10. The zero-order valence-electron chi connectivity index (χ0n) is 10.9. The van der Waals surface area contributed by atoms with Crippen molar-refractivity contribution in [2.45, 2.75) is 6.92 Å². The number of aromatic amines is 1. The number of hydrogen-bond acceptors (Lipinski definition) is 3. The van der Waals surface area contributed by atoms with E-state index in [1.54, 1.807) is 25.2 Å². The molecule has 0 aliphatic heterocycles. The Bertz CT molecular complexity index is 657. The molecule has 0 fully saturated rings. The third kappa shape index (κ3) is 2.68. The fourth-order valence-corrected chi connectivity index (χ4v) is 1.81. The number of nitrogens with zero attached hydrogens (tertiary/aromatic N) is 1. The largest absolute Gasteiger partial charge is 0.396 e. The molecule has 19 heavy (non-hydrogen) atoms. The zero-order valence-corrected chi connectivity index (χ0v) is 10.9. The number of aryl methyl sites for hydroxylation is 1. The molecule has 1 amide bonds. The van der Waals surface area contributed by atoms with Crippen molar-refractivity contribution < 1.29 is 9.90 Å². The molecule has 0 radical (unpaired) electrons. The maximum atomic E-state index is 11.9. The van der Waals surface area contributed by atoms with Crippen LogP contribution in [0, 0.1) is 5.92 Å². The lowest BCUT2D eigenvalue weighted by Gasteiger charge is -2.09. The maximum Gasteiger partial charge on any atom is 0.326 e. The molecule has 1 aromatic carbocycles. The number of carbonyl (C=O) groups excluding carboxylic acids is 1. The minimum absolute atomic E-state index is 0.0178. The van der Waals surface area contributed by atoms with Crippen LogP contribution in [-0.4, -0.2) is 33.7 Å². The number of aliphatic hydroxyl groups is 1. The molecule has 1 heterocycles. The number of H-pyrrole nitrogens is 1. The van der Waals surface area contributed by atoms with Crippen LogP contribution in [0.15, 0.2) is 23.0 Å². The first-order valence-electron chi connectivity index (χ1n) is 6.10. The summed E-state index contributed by atoms with van der Waals surface area (Å²) in [4.78, 5) is 26.0. The molecule has 0 aliphatic carbocycles. The molecule has 102 valence electrons. The molecule has 0 spiro atoms. The standard InChI is InChI=1S/C13H17N3O3/c1-8(7-17)6-14-12(18)9-3-4-11-10(5-9)15-13(19)16(11)2/h3-5,8,17H,6-7H2,1-2H3,(H,14,18)(H,15,19). The maximum absolute atomic E-state index is 11.9. The van der Waals surface area contributed by atoms with Crippen LogP contribution >= 0.6 is 0 Å². The summed E-state index contributed by atoms with van der Waals surface area (Å²) in [6, 6.07) is 5.06. The molecule has 6 nitrogen and oxygen atoms in total. The van der Waals surface area contributed by atoms with Crippen LogP contribution in [0.3, 0.4) is 0 Å². The van der Waals surface area contributed by atoms with Crippen molar-refractivity contribution in [3.8, 4) is 0 Å². The van der Waals surface area contributed by atoms with Crippen LogP contribution in [0.4, 0.5) is 0 Å². The van der Waals surface area contributed by atoms with E-state index in [1.165, 1.54) is 4.57 Å². The average molecular weight is 263 g/mol. The summed E-state index contributed by atoms with van der Waals surface area (Å²) in [5.74, 6) is -0.198. The van der Waals surface area contributed by atoms with E-state index >= 15 is 0 Å². The van der Waals surface area contributed by atoms with Gasteiger partial charge in [-0.2, -0.15) is 0 Å². The molecular weight excluding hydrogens is 246 g/mol. The Labute approximate surface area is 110 Å². The summed E-state index contributed by atoms with van der Waals surface area (Å²) in [6.07, 6.45) is 0. The molecule has 0 saturated heterocycles. The third-order valence-electron chi connectivity index (χ3n) is 3.09. The molecule has 0 aliphatic rings. The second kappa shape index (κ2) is 5.27. The molecule has 0 saturated carbocycles. The van der Waals surface area contributed by atoms with Crippen LogP contribution in [0.5, 0.6) is 0 Å². The molecule has 1 atom stereocenters. The Hall–Kier alpha value is -2.08. The number of hydrogen-bond donors (Lipinski definition) is 3. The fourth-order valence-electron chi connectivity index (χ4n) is 1.81. The van der Waals surface area contributed by atoms with Gasteiger partial charge in [0.05, 0.1) is 11.0 Å². The van der Waals surface area contributed by atoms with Crippen molar-refractivity contribution in [3.05, 3.63) is 34.2 Å². The van der Waals surface area contributed by atoms with Gasteiger partial charge in [-0.3, -0.25) is 9.36 Å². The number of benzene rings is 1. The number of amides is 1. The van der Waals surface area contributed by atoms with Gasteiger partial charge < -0.3 is 15.4 Å². The lowest BCUT2D eigenvalue weighted by atomic mass is 10.1. The van der Waals surface area contributed by atoms with Crippen molar-refractivity contribution in [1.82, 2.24) is 14.9 Å². The topological polar surface area (TPSA) is 87.1 Å². The summed E-state index contributed by atoms with van der Waals surface area (Å²) in [5.41, 5.74) is 1.67. The number of carbonyl (C=O) groups is 1. The minimum atomic E-state index is -0.216. The number of aromatic nitrogens is 2. The monoisotopic (exact) mass is 263 g/mol. The number of nitrogens with one attached hydrogen (secondary N) is 2. The first-order valence-corrected chi connectivity index (χ1v) is 6.10. The third-order valence-corrected chi connectivity index (χ3v) is 3.09. The van der Waals surface area contributed by atoms with Gasteiger partial charge in [-0.1, -0.05) is 6.92 Å². The van der Waals surface area contributed by atoms with Crippen LogP contribution in [-0.2, 0) is 7.05 Å². The molecule has 3 N–H and O–H groups in total. The lowest BCUT2D eigenvalue weighted by molar-refractivity contribution is 0.0942. The number of fused-ring (bicyclic) bond motifs is 1. The predicted molar refractivity (Wildman–Crippen MR) is 72.1 cm³/mol. The lowest BCUT2D eigenvalue weighted by Crippen LogP contribution is -2.29. The SMILES string of the molecule is CC(CO)CNC(=O)c1ccc2c(c1)[nH]c(=O)n2C. The number of aliphatic hydroxyl groups excluding tert-OH is 1. The average Bonchev–Trinajstić information content (AvgIpc) is 2.70. The van der Waals surface area contributed by atoms with Crippen molar-refractivity contribution in [1.29, 1.82) is 0 Å². The van der Waals surface area contributed by atoms with E-state index < -0.39 is 0 Å². The van der Waals surface area contributed by atoms with Gasteiger partial charge in [0.1, 0.15) is 0 Å². The first-order chi connectivity index (χ1) is 9.02. The van der Waals surface area contributed by atoms with Gasteiger partial charge in [-0.25, -0.2) is 4.79 Å². The predicted octanol–water partition coefficient (Wildman–Crippen LogP) is 0.225. The van der Waals surface area contributed by atoms with Crippen LogP contribution in [0.1, 0.15) is 17.3 Å². The van der Waals surface area contributed by atoms with E-state index in [0.29, 0.717) is 17.6 Å². The summed E-state index contributed by atoms with van der Waals surface area (Å²) in [7, 11) is 1.67. The highest BCUT2D eigenvalue weighted by molar-refractivity contribution is 5.97. The fraction of sp³-hybridized carbons (Fsp3) is 0.385. The van der Waals surface area contributed by atoms with Crippen molar-refractivity contribution in [2.24, 2.45) is 13.0 Å². The highest BCUT2D eigenvalue weighted by Crippen LogP contribution is 2.11. The number of imidazole rings is 1. The summed E-state index contributed by atoms with van der Waals surface area (Å²) < 4.78 is 1.49. The second-order valence-electron chi connectivity index (χ2n) is 4.72. The quantitative estimate of drug-likeness (QED) is 0.737. The Morgan fingerprint density at radius 2 is 2.26 bits per heavy atom. The van der Waals surface area contributed by atoms with E-state index in [-0.39, 0.29) is 24.1 Å². The molecule has 6 heteroatoms. The molecule has 1 aromatic heterocycles. The Morgan fingerprint density at radius 1 is 1.53 bits per heavy atom. The van der Waals surface area contributed by atoms with E-state index in [0.717, 1.165) is 5.52 Å². The van der Waals surface area contributed by atoms with Gasteiger partial charge >= 0.3 is 5.69 Å². The van der Waals surface area contributed by atoms with Gasteiger partial charge in [-0.15, -0.1) is 0 Å². The Balaban J connectivity index is 2.21. The van der Waals surface area contributed by atoms with Gasteiger partial charge in [0, 0.05) is 25.8 Å². The smallest absolute Gasteiger partial charge is 0.326 e. The van der Waals surface area contributed by atoms with Crippen LogP contribution in [0.25, 0.3) is 11.0 Å². The van der Waals surface area contributed by atoms with E-state index in [1.807, 2.05) is 6.92 Å². The van der Waals surface area contributed by atoms with Gasteiger partial charge in [0.2, 0.25) is 0 Å². The molecule has 0 bridgehead atoms. The summed E-state index contributed by atoms with van der Waals surface area (Å²) in [5, 5.41) is 11.6. The zero-order chi connectivity index (χ0) is 14.0. The summed E-state index contributed by atoms with van der Waals surface area (Å²) >= 11 is 0. The van der Waals surface area contributed by atoms with Crippen molar-refractivity contribution in [3.63, 3.8) is 0 Å². The van der Waals surface area contributed by atoms with E-state index in [2.05, 4.69) is 10.3 Å². The van der Waals surface area contributed by atoms with Crippen molar-refractivity contribution in [2.75, 3.05) is 13.2 Å². The van der Waals surface area contributed by atoms with E-state index in [9.17, 15) is 9.59 Å². The summed E-state index contributed by atoms with van der Waals surface area (Å²) in [6.45, 7) is 2.29. The van der Waals surface area contributed by atoms with Gasteiger partial charge in [0.25, 0.3) is 5.91 Å².